The SMILES string of the molecule is c1ccc(-c2ccc(N(c3ccc4c(c3)C3(c5ccccc5-4)c4ccccc4-c4c3oc3ccccc43)c3ccc4oc5ccccc5c4c3)cc2)cc1. The highest BCUT2D eigenvalue weighted by Crippen LogP contribution is 2.65. The Balaban J connectivity index is 1.12. The van der Waals surface area contributed by atoms with Gasteiger partial charge in [0.25, 0.3) is 0 Å². The summed E-state index contributed by atoms with van der Waals surface area (Å²) in [4.78, 5) is 2.38. The van der Waals surface area contributed by atoms with Crippen LogP contribution >= 0.6 is 0 Å². The molecule has 2 aliphatic carbocycles. The summed E-state index contributed by atoms with van der Waals surface area (Å²) in [5.41, 5.74) is 16.3. The summed E-state index contributed by atoms with van der Waals surface area (Å²) < 4.78 is 13.3. The number of furan rings is 2. The molecule has 0 fully saturated rings. The molecule has 0 aliphatic heterocycles. The first-order chi connectivity index (χ1) is 26.8. The van der Waals surface area contributed by atoms with E-state index in [1.807, 2.05) is 12.1 Å². The topological polar surface area (TPSA) is 29.5 Å². The fourth-order valence-corrected chi connectivity index (χ4v) is 9.40. The van der Waals surface area contributed by atoms with Crippen LogP contribution in [0, 0.1) is 0 Å². The van der Waals surface area contributed by atoms with Crippen molar-refractivity contribution in [2.75, 3.05) is 4.90 Å². The van der Waals surface area contributed by atoms with Crippen molar-refractivity contribution in [3.63, 3.8) is 0 Å². The predicted octanol–water partition coefficient (Wildman–Crippen LogP) is 13.8. The van der Waals surface area contributed by atoms with E-state index in [0.717, 1.165) is 55.7 Å². The molecule has 0 radical (unpaired) electrons. The van der Waals surface area contributed by atoms with E-state index < -0.39 is 5.41 Å². The third kappa shape index (κ3) is 3.90. The number of nitrogens with zero attached hydrogens (tertiary/aromatic N) is 1. The van der Waals surface area contributed by atoms with E-state index in [2.05, 4.69) is 181 Å². The minimum atomic E-state index is -0.611. The fraction of sp³-hybridized carbons (Fsp3) is 0.0196. The van der Waals surface area contributed by atoms with Gasteiger partial charge in [-0.1, -0.05) is 133 Å². The van der Waals surface area contributed by atoms with Crippen LogP contribution in [0.3, 0.4) is 0 Å². The van der Waals surface area contributed by atoms with Gasteiger partial charge in [0, 0.05) is 38.8 Å². The van der Waals surface area contributed by atoms with Crippen LogP contribution in [-0.4, -0.2) is 0 Å². The van der Waals surface area contributed by atoms with Gasteiger partial charge in [-0.15, -0.1) is 0 Å². The summed E-state index contributed by atoms with van der Waals surface area (Å²) in [6, 6.07) is 67.6. The molecule has 2 heterocycles. The van der Waals surface area contributed by atoms with Crippen molar-refractivity contribution in [2.45, 2.75) is 5.41 Å². The zero-order valence-electron chi connectivity index (χ0n) is 29.2. The maximum Gasteiger partial charge on any atom is 0.135 e. The Bertz CT molecular complexity index is 3110. The molecule has 0 saturated carbocycles. The molecule has 2 aliphatic rings. The molecular formula is C51H31NO2. The van der Waals surface area contributed by atoms with Crippen molar-refractivity contribution in [2.24, 2.45) is 0 Å². The Labute approximate surface area is 312 Å². The van der Waals surface area contributed by atoms with E-state index in [1.54, 1.807) is 0 Å². The zero-order chi connectivity index (χ0) is 35.4. The smallest absolute Gasteiger partial charge is 0.135 e. The van der Waals surface area contributed by atoms with E-state index in [9.17, 15) is 0 Å². The number of hydrogen-bond acceptors (Lipinski definition) is 3. The summed E-state index contributed by atoms with van der Waals surface area (Å²) in [6.45, 7) is 0. The molecule has 3 nitrogen and oxygen atoms in total. The number of hydrogen-bond donors (Lipinski definition) is 0. The molecule has 0 bridgehead atoms. The van der Waals surface area contributed by atoms with Gasteiger partial charge in [0.15, 0.2) is 0 Å². The van der Waals surface area contributed by atoms with Gasteiger partial charge in [-0.25, -0.2) is 0 Å². The summed E-state index contributed by atoms with van der Waals surface area (Å²) in [6.07, 6.45) is 0. The van der Waals surface area contributed by atoms with Gasteiger partial charge >= 0.3 is 0 Å². The average molecular weight is 690 g/mol. The summed E-state index contributed by atoms with van der Waals surface area (Å²) >= 11 is 0. The Hall–Kier alpha value is -7.10. The lowest BCUT2D eigenvalue weighted by atomic mass is 9.73. The molecule has 10 aromatic rings. The first-order valence-electron chi connectivity index (χ1n) is 18.5. The molecule has 1 atom stereocenters. The second-order valence-corrected chi connectivity index (χ2v) is 14.4. The molecule has 0 saturated heterocycles. The van der Waals surface area contributed by atoms with E-state index in [-0.39, 0.29) is 0 Å². The highest BCUT2D eigenvalue weighted by Gasteiger charge is 2.55. The molecule has 12 rings (SSSR count). The van der Waals surface area contributed by atoms with Crippen LogP contribution in [0.2, 0.25) is 0 Å². The van der Waals surface area contributed by atoms with Crippen LogP contribution in [0.15, 0.2) is 197 Å². The lowest BCUT2D eigenvalue weighted by Gasteiger charge is -2.30. The molecular weight excluding hydrogens is 659 g/mol. The van der Waals surface area contributed by atoms with E-state index >= 15 is 0 Å². The largest absolute Gasteiger partial charge is 0.459 e. The fourth-order valence-electron chi connectivity index (χ4n) is 9.40. The second kappa shape index (κ2) is 11.0. The lowest BCUT2D eigenvalue weighted by Crippen LogP contribution is -2.25. The predicted molar refractivity (Wildman–Crippen MR) is 220 cm³/mol. The highest BCUT2D eigenvalue weighted by molar-refractivity contribution is 6.07. The molecule has 3 heteroatoms. The second-order valence-electron chi connectivity index (χ2n) is 14.4. The number of para-hydroxylation sites is 2. The molecule has 252 valence electrons. The van der Waals surface area contributed by atoms with Crippen molar-refractivity contribution in [1.29, 1.82) is 0 Å². The van der Waals surface area contributed by atoms with Crippen molar-refractivity contribution < 1.29 is 8.83 Å². The number of rotatable bonds is 4. The van der Waals surface area contributed by atoms with Crippen molar-refractivity contribution in [3.05, 3.63) is 211 Å². The Morgan fingerprint density at radius 3 is 1.72 bits per heavy atom. The van der Waals surface area contributed by atoms with Crippen LogP contribution in [0.1, 0.15) is 22.5 Å². The van der Waals surface area contributed by atoms with Gasteiger partial charge in [0.05, 0.1) is 0 Å². The van der Waals surface area contributed by atoms with Crippen LogP contribution < -0.4 is 4.90 Å². The molecule has 8 aromatic carbocycles. The average Bonchev–Trinajstić information content (AvgIpc) is 3.96. The summed E-state index contributed by atoms with van der Waals surface area (Å²) in [5, 5.41) is 3.35. The van der Waals surface area contributed by atoms with Gasteiger partial charge < -0.3 is 13.7 Å². The minimum Gasteiger partial charge on any atom is -0.459 e. The zero-order valence-corrected chi connectivity index (χ0v) is 29.2. The quantitative estimate of drug-likeness (QED) is 0.184. The van der Waals surface area contributed by atoms with Crippen molar-refractivity contribution >= 4 is 50.0 Å². The van der Waals surface area contributed by atoms with Gasteiger partial charge in [-0.3, -0.25) is 0 Å². The maximum atomic E-state index is 7.03. The Morgan fingerprint density at radius 1 is 0.352 bits per heavy atom. The molecule has 0 amide bonds. The number of fused-ring (bicyclic) bond motifs is 15. The van der Waals surface area contributed by atoms with Crippen molar-refractivity contribution in [1.82, 2.24) is 0 Å². The number of anilines is 3. The van der Waals surface area contributed by atoms with E-state index in [1.165, 1.54) is 50.1 Å². The van der Waals surface area contributed by atoms with Crippen LogP contribution in [0.4, 0.5) is 17.1 Å². The molecule has 54 heavy (non-hydrogen) atoms. The lowest BCUT2D eigenvalue weighted by molar-refractivity contribution is 0.507. The van der Waals surface area contributed by atoms with Gasteiger partial charge in [-0.05, 0) is 99.1 Å². The maximum absolute atomic E-state index is 7.03. The van der Waals surface area contributed by atoms with E-state index in [4.69, 9.17) is 8.83 Å². The Morgan fingerprint density at radius 2 is 0.907 bits per heavy atom. The van der Waals surface area contributed by atoms with Gasteiger partial charge in [0.2, 0.25) is 0 Å². The third-order valence-electron chi connectivity index (χ3n) is 11.7. The molecule has 1 unspecified atom stereocenters. The van der Waals surface area contributed by atoms with E-state index in [0.29, 0.717) is 0 Å². The first kappa shape index (κ1) is 29.5. The monoisotopic (exact) mass is 689 g/mol. The third-order valence-corrected chi connectivity index (χ3v) is 11.7. The van der Waals surface area contributed by atoms with Crippen molar-refractivity contribution in [3.8, 4) is 33.4 Å². The number of benzene rings is 8. The summed E-state index contributed by atoms with van der Waals surface area (Å²) in [7, 11) is 0. The Kier molecular flexibility index (Phi) is 5.98. The molecule has 2 aromatic heterocycles. The summed E-state index contributed by atoms with van der Waals surface area (Å²) in [5.74, 6) is 0.998. The van der Waals surface area contributed by atoms with Crippen LogP contribution in [0.25, 0.3) is 66.3 Å². The minimum absolute atomic E-state index is 0.611. The van der Waals surface area contributed by atoms with Gasteiger partial charge in [-0.2, -0.15) is 0 Å². The normalized spacial score (nSPS) is 15.1. The first-order valence-corrected chi connectivity index (χ1v) is 18.5. The van der Waals surface area contributed by atoms with Gasteiger partial charge in [0.1, 0.15) is 27.9 Å². The molecule has 1 spiro atoms. The van der Waals surface area contributed by atoms with Crippen LogP contribution in [-0.2, 0) is 5.41 Å². The van der Waals surface area contributed by atoms with Crippen LogP contribution in [0.5, 0.6) is 0 Å². The highest BCUT2D eigenvalue weighted by atomic mass is 16.3. The molecule has 0 N–H and O–H groups in total. The standard InChI is InChI=1S/C51H31NO2/c1-2-12-32(13-3-1)33-22-24-34(25-23-33)52(35-27-29-48-42(30-35)39-15-6-10-20-46(39)53-48)36-26-28-38-37-14-4-8-18-43(37)51(45(38)31-36)44-19-9-5-16-40(44)49-41-17-7-11-21-47(41)54-50(49)51/h1-31H.